The van der Waals surface area contributed by atoms with Gasteiger partial charge in [-0.1, -0.05) is 67.8 Å². The van der Waals surface area contributed by atoms with Gasteiger partial charge >= 0.3 is 5.97 Å². The van der Waals surface area contributed by atoms with Crippen molar-refractivity contribution in [3.8, 4) is 0 Å². The van der Waals surface area contributed by atoms with E-state index in [0.717, 1.165) is 38.5 Å². The highest BCUT2D eigenvalue weighted by molar-refractivity contribution is 8.01. The maximum Gasteiger partial charge on any atom is 0.352 e. The Morgan fingerprint density at radius 1 is 1.12 bits per heavy atom. The van der Waals surface area contributed by atoms with Gasteiger partial charge in [0.1, 0.15) is 17.1 Å². The second-order valence-corrected chi connectivity index (χ2v) is 11.8. The van der Waals surface area contributed by atoms with Crippen molar-refractivity contribution in [3.05, 3.63) is 47.2 Å². The van der Waals surface area contributed by atoms with Crippen LogP contribution in [0.3, 0.4) is 0 Å². The number of primary amides is 1. The number of unbranched alkanes of at least 4 members (excludes halogenated alkanes) is 5. The van der Waals surface area contributed by atoms with Crippen LogP contribution < -0.4 is 11.1 Å². The smallest absolute Gasteiger partial charge is 0.352 e. The number of aliphatic carboxylic acids is 1. The fourth-order valence-electron chi connectivity index (χ4n) is 4.67. The van der Waals surface area contributed by atoms with Crippen LogP contribution in [0.2, 0.25) is 0 Å². The monoisotopic (exact) mass is 603 g/mol. The van der Waals surface area contributed by atoms with Gasteiger partial charge in [0.25, 0.3) is 11.8 Å². The lowest BCUT2D eigenvalue weighted by molar-refractivity contribution is -0.151. The fourth-order valence-corrected chi connectivity index (χ4v) is 7.06. The number of rotatable bonds is 16. The minimum atomic E-state index is -1.44. The van der Waals surface area contributed by atoms with E-state index < -0.39 is 35.3 Å². The highest BCUT2D eigenvalue weighted by Gasteiger charge is 2.54. The number of nitrogens with one attached hydrogen (secondary N) is 1. The number of amides is 3. The number of aliphatic hydroxyl groups excluding tert-OH is 1. The van der Waals surface area contributed by atoms with E-state index in [1.54, 1.807) is 35.0 Å². The van der Waals surface area contributed by atoms with E-state index in [2.05, 4.69) is 20.8 Å². The number of β-lactam (4-membered cyclic amide) rings is 1. The Labute approximate surface area is 245 Å². The largest absolute Gasteiger partial charge is 0.477 e. The minimum Gasteiger partial charge on any atom is -0.477 e. The van der Waals surface area contributed by atoms with Gasteiger partial charge in [0.15, 0.2) is 6.10 Å². The summed E-state index contributed by atoms with van der Waals surface area (Å²) >= 11 is 2.67. The molecule has 1 aromatic carbocycles. The maximum absolute atomic E-state index is 13.0. The van der Waals surface area contributed by atoms with Gasteiger partial charge < -0.3 is 21.3 Å². The van der Waals surface area contributed by atoms with Crippen LogP contribution in [-0.2, 0) is 25.7 Å². The molecule has 2 aliphatic rings. The standard InChI is InChI=1S/C26H33N7O6S2/c27-18(34)12-8-3-1-2-4-9-13-32-26(29-30-31-32)41-15-17-14-40-24-19(23(37)33(24)20(17)25(38)39)28-22(36)21(35)16-10-6-5-7-11-16/h5-7,10-11,19,21,24,35H,1-4,8-9,12-15H2,(H2,27,34)(H,28,36)(H,38,39)/t19?,21-,24-/m1/s1. The van der Waals surface area contributed by atoms with Crippen LogP contribution in [0.4, 0.5) is 0 Å². The summed E-state index contributed by atoms with van der Waals surface area (Å²) < 4.78 is 1.69. The Balaban J connectivity index is 1.29. The maximum atomic E-state index is 13.0. The Bertz CT molecular complexity index is 1290. The number of thioether (sulfide) groups is 2. The molecule has 4 rings (SSSR count). The van der Waals surface area contributed by atoms with Crippen molar-refractivity contribution in [3.63, 3.8) is 0 Å². The summed E-state index contributed by atoms with van der Waals surface area (Å²) in [6.07, 6.45) is 4.70. The number of tetrazole rings is 1. The molecule has 3 atom stereocenters. The van der Waals surface area contributed by atoms with Crippen LogP contribution in [0.1, 0.15) is 56.6 Å². The number of aliphatic hydroxyl groups is 1. The summed E-state index contributed by atoms with van der Waals surface area (Å²) in [6, 6.07) is 7.44. The van der Waals surface area contributed by atoms with Crippen LogP contribution in [0, 0.1) is 0 Å². The van der Waals surface area contributed by atoms with Crippen molar-refractivity contribution in [1.29, 1.82) is 0 Å². The number of aromatic nitrogens is 4. The lowest BCUT2D eigenvalue weighted by Crippen LogP contribution is -2.70. The number of nitrogens with zero attached hydrogens (tertiary/aromatic N) is 5. The van der Waals surface area contributed by atoms with Gasteiger partial charge in [-0.05, 0) is 34.4 Å². The third-order valence-electron chi connectivity index (χ3n) is 6.83. The highest BCUT2D eigenvalue weighted by atomic mass is 32.2. The molecule has 1 fully saturated rings. The molecule has 0 spiro atoms. The Morgan fingerprint density at radius 3 is 2.54 bits per heavy atom. The van der Waals surface area contributed by atoms with Crippen molar-refractivity contribution >= 4 is 47.2 Å². The first-order chi connectivity index (χ1) is 19.8. The molecule has 0 radical (unpaired) electrons. The van der Waals surface area contributed by atoms with Crippen molar-refractivity contribution < 1.29 is 29.4 Å². The first-order valence-corrected chi connectivity index (χ1v) is 15.4. The molecule has 3 amide bonds. The zero-order chi connectivity index (χ0) is 29.4. The summed E-state index contributed by atoms with van der Waals surface area (Å²) in [5, 5.41) is 34.7. The first kappa shape index (κ1) is 30.5. The molecule has 220 valence electrons. The number of fused-ring (bicyclic) bond motifs is 1. The fraction of sp³-hybridized carbons (Fsp3) is 0.500. The number of hydrogen-bond acceptors (Lipinski definition) is 10. The van der Waals surface area contributed by atoms with Crippen molar-refractivity contribution in [2.24, 2.45) is 5.73 Å². The van der Waals surface area contributed by atoms with Gasteiger partial charge in [0.2, 0.25) is 11.1 Å². The van der Waals surface area contributed by atoms with Crippen LogP contribution in [-0.4, -0.2) is 81.9 Å². The van der Waals surface area contributed by atoms with Crippen molar-refractivity contribution in [2.45, 2.75) is 74.2 Å². The number of benzene rings is 1. The van der Waals surface area contributed by atoms with Gasteiger partial charge in [0.05, 0.1) is 0 Å². The molecule has 0 aliphatic carbocycles. The molecule has 1 saturated heterocycles. The van der Waals surface area contributed by atoms with Crippen LogP contribution in [0.25, 0.3) is 0 Å². The van der Waals surface area contributed by atoms with Crippen LogP contribution >= 0.6 is 23.5 Å². The van der Waals surface area contributed by atoms with Gasteiger partial charge in [-0.15, -0.1) is 16.9 Å². The summed E-state index contributed by atoms with van der Waals surface area (Å²) in [4.78, 5) is 49.7. The summed E-state index contributed by atoms with van der Waals surface area (Å²) in [5.41, 5.74) is 6.03. The second-order valence-electron chi connectivity index (χ2n) is 9.78. The Hall–Kier alpha value is -3.43. The molecular formula is C26H33N7O6S2. The first-order valence-electron chi connectivity index (χ1n) is 13.4. The summed E-state index contributed by atoms with van der Waals surface area (Å²) in [5.74, 6) is -2.09. The van der Waals surface area contributed by atoms with Crippen molar-refractivity contribution in [2.75, 3.05) is 11.5 Å². The van der Waals surface area contributed by atoms with E-state index >= 15 is 0 Å². The molecule has 13 nitrogen and oxygen atoms in total. The van der Waals surface area contributed by atoms with Gasteiger partial charge in [-0.3, -0.25) is 19.3 Å². The van der Waals surface area contributed by atoms with E-state index in [-0.39, 0.29) is 17.4 Å². The number of aryl methyl sites for hydroxylation is 1. The zero-order valence-electron chi connectivity index (χ0n) is 22.3. The number of nitrogens with two attached hydrogens (primary N) is 1. The predicted molar refractivity (Wildman–Crippen MR) is 151 cm³/mol. The van der Waals surface area contributed by atoms with E-state index in [4.69, 9.17) is 5.73 Å². The Kier molecular flexibility index (Phi) is 10.8. The average molecular weight is 604 g/mol. The Morgan fingerprint density at radius 2 is 1.83 bits per heavy atom. The van der Waals surface area contributed by atoms with E-state index in [9.17, 15) is 29.4 Å². The third kappa shape index (κ3) is 7.65. The normalized spacial score (nSPS) is 19.0. The number of carboxylic acid groups (broad SMARTS) is 1. The average Bonchev–Trinajstić information content (AvgIpc) is 3.42. The molecule has 0 bridgehead atoms. The van der Waals surface area contributed by atoms with Gasteiger partial charge in [-0.2, -0.15) is 0 Å². The lowest BCUT2D eigenvalue weighted by Gasteiger charge is -2.49. The molecule has 2 aliphatic heterocycles. The third-order valence-corrected chi connectivity index (χ3v) is 9.21. The molecule has 0 saturated carbocycles. The topological polar surface area (TPSA) is 194 Å². The van der Waals surface area contributed by atoms with E-state index in [0.29, 0.717) is 35.0 Å². The molecule has 41 heavy (non-hydrogen) atoms. The van der Waals surface area contributed by atoms with Gasteiger partial charge in [0, 0.05) is 24.5 Å². The minimum absolute atomic E-state index is 0.0873. The molecule has 1 aromatic heterocycles. The number of carbonyl (C=O) groups is 4. The molecule has 5 N–H and O–H groups in total. The molecular weight excluding hydrogens is 570 g/mol. The van der Waals surface area contributed by atoms with E-state index in [1.165, 1.54) is 28.4 Å². The quantitative estimate of drug-likeness (QED) is 0.123. The van der Waals surface area contributed by atoms with Crippen LogP contribution in [0.5, 0.6) is 0 Å². The van der Waals surface area contributed by atoms with Crippen LogP contribution in [0.15, 0.2) is 46.8 Å². The molecule has 1 unspecified atom stereocenters. The summed E-state index contributed by atoms with van der Waals surface area (Å²) in [7, 11) is 0. The SMILES string of the molecule is NC(=O)CCCCCCCCn1nnnc1SCC1=C(C(=O)O)N2C(=O)C(NC(=O)[C@H](O)c3ccccc3)[C@H]2SC1. The molecule has 3 heterocycles. The summed E-state index contributed by atoms with van der Waals surface area (Å²) in [6.45, 7) is 0.624. The molecule has 15 heteroatoms. The highest BCUT2D eigenvalue weighted by Crippen LogP contribution is 2.41. The van der Waals surface area contributed by atoms with E-state index in [1.807, 2.05) is 0 Å². The lowest BCUT2D eigenvalue weighted by atomic mass is 10.0. The van der Waals surface area contributed by atoms with Crippen molar-refractivity contribution in [1.82, 2.24) is 30.4 Å². The number of hydrogen-bond donors (Lipinski definition) is 4. The second kappa shape index (κ2) is 14.5. The zero-order valence-corrected chi connectivity index (χ0v) is 24.0. The predicted octanol–water partition coefficient (Wildman–Crippen LogP) is 1.45. The molecule has 2 aromatic rings. The number of carbonyl (C=O) groups excluding carboxylic acids is 3. The van der Waals surface area contributed by atoms with Gasteiger partial charge in [-0.25, -0.2) is 9.48 Å². The number of carboxylic acids is 1.